The van der Waals surface area contributed by atoms with Gasteiger partial charge >= 0.3 is 5.95 Å². The SMILES string of the molecule is CCOC([O])=C(C)[C@@H]1C[C@H]1[C@@H]1CC1(c1ccccc1)c1ccccc1. The predicted octanol–water partition coefficient (Wildman–Crippen LogP) is 5.33. The van der Waals surface area contributed by atoms with Crippen LogP contribution in [0, 0.1) is 17.8 Å². The highest BCUT2D eigenvalue weighted by atomic mass is 16.6. The van der Waals surface area contributed by atoms with Gasteiger partial charge in [0.15, 0.2) is 0 Å². The van der Waals surface area contributed by atoms with Crippen molar-refractivity contribution in [2.75, 3.05) is 6.61 Å². The molecular weight excluding hydrogens is 308 g/mol. The zero-order chi connectivity index (χ0) is 17.4. The van der Waals surface area contributed by atoms with Crippen molar-refractivity contribution in [2.45, 2.75) is 32.1 Å². The van der Waals surface area contributed by atoms with Crippen LogP contribution in [0.5, 0.6) is 0 Å². The standard InChI is InChI=1S/C23H25O2/c1-3-25-22(24)16(2)19-14-20(19)21-15-23(21,17-10-6-4-7-11-17)18-12-8-5-9-13-18/h4-13,19-21H,3,14-15H2,1-2H3/t19-,20+,21-/m0/s1. The Morgan fingerprint density at radius 2 is 1.60 bits per heavy atom. The molecule has 0 bridgehead atoms. The van der Waals surface area contributed by atoms with Gasteiger partial charge < -0.3 is 4.74 Å². The van der Waals surface area contributed by atoms with E-state index < -0.39 is 0 Å². The summed E-state index contributed by atoms with van der Waals surface area (Å²) in [5.74, 6) is 1.51. The van der Waals surface area contributed by atoms with Crippen LogP contribution in [0.15, 0.2) is 72.2 Å². The summed E-state index contributed by atoms with van der Waals surface area (Å²) in [5.41, 5.74) is 3.85. The van der Waals surface area contributed by atoms with Crippen LogP contribution in [0.25, 0.3) is 0 Å². The fraction of sp³-hybridized carbons (Fsp3) is 0.391. The van der Waals surface area contributed by atoms with Gasteiger partial charge in [0, 0.05) is 11.0 Å². The summed E-state index contributed by atoms with van der Waals surface area (Å²) in [6, 6.07) is 21.7. The first-order valence-electron chi connectivity index (χ1n) is 9.30. The first-order valence-corrected chi connectivity index (χ1v) is 9.30. The second kappa shape index (κ2) is 6.25. The molecule has 0 amide bonds. The molecule has 2 aliphatic carbocycles. The monoisotopic (exact) mass is 333 g/mol. The number of allylic oxidation sites excluding steroid dienone is 1. The molecule has 2 saturated carbocycles. The van der Waals surface area contributed by atoms with Crippen LogP contribution in [0.2, 0.25) is 0 Å². The highest BCUT2D eigenvalue weighted by Gasteiger charge is 2.64. The van der Waals surface area contributed by atoms with E-state index in [1.54, 1.807) is 0 Å². The topological polar surface area (TPSA) is 29.1 Å². The number of benzene rings is 2. The first-order chi connectivity index (χ1) is 12.2. The van der Waals surface area contributed by atoms with Gasteiger partial charge in [-0.3, -0.25) is 0 Å². The van der Waals surface area contributed by atoms with Crippen LogP contribution in [0.3, 0.4) is 0 Å². The molecule has 0 N–H and O–H groups in total. The summed E-state index contributed by atoms with van der Waals surface area (Å²) in [6.07, 6.45) is 2.30. The third-order valence-corrected chi connectivity index (χ3v) is 6.10. The van der Waals surface area contributed by atoms with Gasteiger partial charge in [-0.05, 0) is 55.6 Å². The highest BCUT2D eigenvalue weighted by Crippen LogP contribution is 2.69. The zero-order valence-electron chi connectivity index (χ0n) is 14.9. The van der Waals surface area contributed by atoms with E-state index in [0.29, 0.717) is 24.4 Å². The fourth-order valence-electron chi connectivity index (χ4n) is 4.66. The largest absolute Gasteiger partial charge is 0.463 e. The molecule has 0 saturated heterocycles. The Labute approximate surface area is 150 Å². The molecule has 2 nitrogen and oxygen atoms in total. The third-order valence-electron chi connectivity index (χ3n) is 6.10. The van der Waals surface area contributed by atoms with Crippen molar-refractivity contribution in [2.24, 2.45) is 17.8 Å². The van der Waals surface area contributed by atoms with E-state index >= 15 is 0 Å². The molecule has 0 aliphatic heterocycles. The van der Waals surface area contributed by atoms with E-state index in [2.05, 4.69) is 60.7 Å². The van der Waals surface area contributed by atoms with E-state index in [4.69, 9.17) is 4.74 Å². The summed E-state index contributed by atoms with van der Waals surface area (Å²) in [5, 5.41) is 12.1. The molecule has 25 heavy (non-hydrogen) atoms. The smallest absolute Gasteiger partial charge is 0.329 e. The van der Waals surface area contributed by atoms with E-state index in [9.17, 15) is 5.11 Å². The molecule has 3 atom stereocenters. The second-order valence-electron chi connectivity index (χ2n) is 7.42. The molecule has 1 radical (unpaired) electrons. The first kappa shape index (κ1) is 16.3. The summed E-state index contributed by atoms with van der Waals surface area (Å²) in [4.78, 5) is 0. The maximum atomic E-state index is 12.1. The summed E-state index contributed by atoms with van der Waals surface area (Å²) in [7, 11) is 0. The number of rotatable bonds is 6. The molecule has 0 heterocycles. The Morgan fingerprint density at radius 1 is 1.04 bits per heavy atom. The van der Waals surface area contributed by atoms with Crippen molar-refractivity contribution in [3.05, 3.63) is 83.3 Å². The van der Waals surface area contributed by atoms with Crippen molar-refractivity contribution < 1.29 is 9.84 Å². The molecule has 2 aromatic rings. The van der Waals surface area contributed by atoms with Gasteiger partial charge in [-0.15, -0.1) is 0 Å². The Balaban J connectivity index is 1.62. The Morgan fingerprint density at radius 3 is 2.12 bits per heavy atom. The molecule has 2 aliphatic rings. The molecule has 0 unspecified atom stereocenters. The van der Waals surface area contributed by atoms with Crippen LogP contribution >= 0.6 is 0 Å². The molecule has 129 valence electrons. The maximum Gasteiger partial charge on any atom is 0.329 e. The van der Waals surface area contributed by atoms with Gasteiger partial charge in [-0.1, -0.05) is 60.7 Å². The lowest BCUT2D eigenvalue weighted by atomic mass is 9.84. The van der Waals surface area contributed by atoms with Crippen molar-refractivity contribution in [1.82, 2.24) is 0 Å². The Hall–Kier alpha value is -2.22. The van der Waals surface area contributed by atoms with Gasteiger partial charge in [0.1, 0.15) is 0 Å². The Kier molecular flexibility index (Phi) is 4.07. The van der Waals surface area contributed by atoms with E-state index in [1.165, 1.54) is 17.5 Å². The average molecular weight is 333 g/mol. The number of hydrogen-bond donors (Lipinski definition) is 0. The molecule has 2 aromatic carbocycles. The van der Waals surface area contributed by atoms with Crippen LogP contribution in [-0.4, -0.2) is 6.61 Å². The lowest BCUT2D eigenvalue weighted by molar-refractivity contribution is 0.0540. The fourth-order valence-corrected chi connectivity index (χ4v) is 4.66. The highest BCUT2D eigenvalue weighted by molar-refractivity contribution is 5.48. The summed E-state index contributed by atoms with van der Waals surface area (Å²) >= 11 is 0. The van der Waals surface area contributed by atoms with E-state index in [1.807, 2.05) is 13.8 Å². The van der Waals surface area contributed by atoms with Gasteiger partial charge in [-0.25, -0.2) is 5.11 Å². The molecule has 0 aromatic heterocycles. The van der Waals surface area contributed by atoms with Crippen molar-refractivity contribution in [1.29, 1.82) is 0 Å². The Bertz CT molecular complexity index is 724. The molecule has 4 rings (SSSR count). The second-order valence-corrected chi connectivity index (χ2v) is 7.42. The van der Waals surface area contributed by atoms with Gasteiger partial charge in [-0.2, -0.15) is 0 Å². The van der Waals surface area contributed by atoms with E-state index in [0.717, 1.165) is 12.0 Å². The van der Waals surface area contributed by atoms with Crippen LogP contribution in [0.4, 0.5) is 0 Å². The normalized spacial score (nSPS) is 27.4. The lowest BCUT2D eigenvalue weighted by Gasteiger charge is -2.19. The van der Waals surface area contributed by atoms with Crippen molar-refractivity contribution in [3.8, 4) is 0 Å². The minimum absolute atomic E-state index is 0.110. The summed E-state index contributed by atoms with van der Waals surface area (Å²) < 4.78 is 5.20. The molecule has 2 heteroatoms. The van der Waals surface area contributed by atoms with Gasteiger partial charge in [0.05, 0.1) is 6.61 Å². The average Bonchev–Trinajstić information content (AvgIpc) is 3.55. The van der Waals surface area contributed by atoms with Crippen molar-refractivity contribution >= 4 is 0 Å². The number of hydrogen-bond acceptors (Lipinski definition) is 1. The zero-order valence-corrected chi connectivity index (χ0v) is 14.9. The maximum absolute atomic E-state index is 12.1. The minimum atomic E-state index is -0.110. The molecule has 0 spiro atoms. The quantitative estimate of drug-likeness (QED) is 0.657. The van der Waals surface area contributed by atoms with Gasteiger partial charge in [0.2, 0.25) is 0 Å². The predicted molar refractivity (Wildman–Crippen MR) is 98.4 cm³/mol. The van der Waals surface area contributed by atoms with Crippen LogP contribution < -0.4 is 0 Å². The van der Waals surface area contributed by atoms with Gasteiger partial charge in [0.25, 0.3) is 0 Å². The van der Waals surface area contributed by atoms with E-state index in [-0.39, 0.29) is 11.4 Å². The molecule has 2 fully saturated rings. The van der Waals surface area contributed by atoms with Crippen LogP contribution in [-0.2, 0) is 15.3 Å². The van der Waals surface area contributed by atoms with Crippen molar-refractivity contribution in [3.63, 3.8) is 0 Å². The minimum Gasteiger partial charge on any atom is -0.463 e. The molecular formula is C23H25O2. The van der Waals surface area contributed by atoms with Crippen LogP contribution in [0.1, 0.15) is 37.8 Å². The number of ether oxygens (including phenoxy) is 1. The third kappa shape index (κ3) is 2.74. The summed E-state index contributed by atoms with van der Waals surface area (Å²) in [6.45, 7) is 4.28. The lowest BCUT2D eigenvalue weighted by Crippen LogP contribution is -2.13.